The summed E-state index contributed by atoms with van der Waals surface area (Å²) < 4.78 is 6.01. The number of carbonyl (C=O) groups excluding carboxylic acids is 2. The van der Waals surface area contributed by atoms with Gasteiger partial charge in [-0.1, -0.05) is 30.3 Å². The summed E-state index contributed by atoms with van der Waals surface area (Å²) in [6, 6.07) is 11.7. The minimum absolute atomic E-state index is 0.0661. The Morgan fingerprint density at radius 2 is 1.91 bits per heavy atom. The van der Waals surface area contributed by atoms with E-state index >= 15 is 0 Å². The smallest absolute Gasteiger partial charge is 0.359 e. The number of benzene rings is 1. The number of hydrogen-bond donors (Lipinski definition) is 1. The molecule has 22 heavy (non-hydrogen) atoms. The van der Waals surface area contributed by atoms with Gasteiger partial charge in [0.1, 0.15) is 0 Å². The molecule has 1 atom stereocenters. The van der Waals surface area contributed by atoms with Crippen molar-refractivity contribution in [2.45, 2.75) is 19.6 Å². The van der Waals surface area contributed by atoms with Gasteiger partial charge in [0.2, 0.25) is 0 Å². The molecule has 0 radical (unpaired) electrons. The van der Waals surface area contributed by atoms with Crippen LogP contribution in [0.2, 0.25) is 0 Å². The lowest BCUT2D eigenvalue weighted by Gasteiger charge is -2.10. The largest absolute Gasteiger partial charge is 0.448 e. The molecule has 7 heteroatoms. The second-order valence-corrected chi connectivity index (χ2v) is 4.65. The third kappa shape index (κ3) is 3.78. The van der Waals surface area contributed by atoms with E-state index in [4.69, 9.17) is 10.5 Å². The summed E-state index contributed by atoms with van der Waals surface area (Å²) in [6.07, 6.45) is -1.07. The number of esters is 1. The zero-order valence-electron chi connectivity index (χ0n) is 11.9. The Kier molecular flexibility index (Phi) is 4.67. The lowest BCUT2D eigenvalue weighted by molar-refractivity contribution is -0.125. The van der Waals surface area contributed by atoms with Crippen molar-refractivity contribution in [3.05, 3.63) is 64.1 Å². The van der Waals surface area contributed by atoms with Gasteiger partial charge in [-0.05, 0) is 18.6 Å². The summed E-state index contributed by atoms with van der Waals surface area (Å²) in [7, 11) is 0. The molecule has 1 aromatic carbocycles. The van der Waals surface area contributed by atoms with Gasteiger partial charge in [-0.15, -0.1) is 0 Å². The van der Waals surface area contributed by atoms with Gasteiger partial charge in [0.15, 0.2) is 11.8 Å². The van der Waals surface area contributed by atoms with Gasteiger partial charge in [-0.25, -0.2) is 9.48 Å². The average Bonchev–Trinajstić information content (AvgIpc) is 2.50. The Labute approximate surface area is 126 Å². The maximum atomic E-state index is 11.9. The van der Waals surface area contributed by atoms with Crippen molar-refractivity contribution in [3.63, 3.8) is 0 Å². The van der Waals surface area contributed by atoms with Crippen LogP contribution in [0.3, 0.4) is 0 Å². The maximum Gasteiger partial charge on any atom is 0.359 e. The van der Waals surface area contributed by atoms with E-state index in [9.17, 15) is 14.4 Å². The van der Waals surface area contributed by atoms with Crippen LogP contribution >= 0.6 is 0 Å². The molecular formula is C15H15N3O4. The molecule has 114 valence electrons. The van der Waals surface area contributed by atoms with Crippen LogP contribution in [0.15, 0.2) is 47.3 Å². The molecule has 7 nitrogen and oxygen atoms in total. The van der Waals surface area contributed by atoms with Crippen LogP contribution in [0.25, 0.3) is 0 Å². The highest BCUT2D eigenvalue weighted by Crippen LogP contribution is 2.02. The zero-order chi connectivity index (χ0) is 16.1. The highest BCUT2D eigenvalue weighted by molar-refractivity contribution is 5.90. The van der Waals surface area contributed by atoms with Crippen LogP contribution in [0.1, 0.15) is 23.0 Å². The highest BCUT2D eigenvalue weighted by atomic mass is 16.5. The fraction of sp³-hybridized carbons (Fsp3) is 0.200. The van der Waals surface area contributed by atoms with Crippen molar-refractivity contribution in [3.8, 4) is 0 Å². The second-order valence-electron chi connectivity index (χ2n) is 4.65. The number of hydrogen-bond acceptors (Lipinski definition) is 5. The zero-order valence-corrected chi connectivity index (χ0v) is 11.9. The third-order valence-corrected chi connectivity index (χ3v) is 2.94. The van der Waals surface area contributed by atoms with E-state index in [1.54, 1.807) is 0 Å². The predicted molar refractivity (Wildman–Crippen MR) is 78.1 cm³/mol. The molecule has 0 aliphatic rings. The van der Waals surface area contributed by atoms with Gasteiger partial charge in [-0.2, -0.15) is 5.10 Å². The number of carbonyl (C=O) groups is 2. The van der Waals surface area contributed by atoms with Gasteiger partial charge in [-0.3, -0.25) is 9.59 Å². The summed E-state index contributed by atoms with van der Waals surface area (Å²) in [4.78, 5) is 34.6. The molecule has 0 aliphatic carbocycles. The molecule has 2 N–H and O–H groups in total. The monoisotopic (exact) mass is 301 g/mol. The van der Waals surface area contributed by atoms with E-state index in [1.165, 1.54) is 19.1 Å². The number of amides is 1. The highest BCUT2D eigenvalue weighted by Gasteiger charge is 2.18. The van der Waals surface area contributed by atoms with Gasteiger partial charge < -0.3 is 10.5 Å². The number of nitrogens with two attached hydrogens (primary N) is 1. The van der Waals surface area contributed by atoms with Gasteiger partial charge in [0, 0.05) is 6.07 Å². The Morgan fingerprint density at radius 3 is 2.55 bits per heavy atom. The molecule has 1 amide bonds. The summed E-state index contributed by atoms with van der Waals surface area (Å²) in [5.74, 6) is -1.57. The van der Waals surface area contributed by atoms with Crippen LogP contribution in [0.5, 0.6) is 0 Å². The average molecular weight is 301 g/mol. The summed E-state index contributed by atoms with van der Waals surface area (Å²) >= 11 is 0. The topological polar surface area (TPSA) is 104 Å². The van der Waals surface area contributed by atoms with E-state index in [0.29, 0.717) is 0 Å². The lowest BCUT2D eigenvalue weighted by Crippen LogP contribution is -2.32. The number of rotatable bonds is 5. The van der Waals surface area contributed by atoms with Gasteiger partial charge in [0.05, 0.1) is 6.54 Å². The second kappa shape index (κ2) is 6.66. The molecule has 0 fully saturated rings. The molecule has 0 bridgehead atoms. The van der Waals surface area contributed by atoms with Crippen molar-refractivity contribution in [2.75, 3.05) is 0 Å². The Morgan fingerprint density at radius 1 is 1.23 bits per heavy atom. The Bertz CT molecular complexity index is 740. The van der Waals surface area contributed by atoms with E-state index in [0.717, 1.165) is 10.2 Å². The Balaban J connectivity index is 2.21. The van der Waals surface area contributed by atoms with E-state index < -0.39 is 18.0 Å². The Hall–Kier alpha value is -2.96. The standard InChI is InChI=1S/C15H15N3O4/c1-10(14(16)20)22-15(21)12-7-8-13(19)18(17-12)9-11-5-3-2-4-6-11/h2-8,10H,9H2,1H3,(H2,16,20)/t10-/m1/s1. The predicted octanol–water partition coefficient (Wildman–Crippen LogP) is 0.322. The van der Waals surface area contributed by atoms with Crippen LogP contribution in [0, 0.1) is 0 Å². The number of primary amides is 1. The van der Waals surface area contributed by atoms with Crippen LogP contribution in [0.4, 0.5) is 0 Å². The first kappa shape index (κ1) is 15.4. The molecule has 1 heterocycles. The number of aromatic nitrogens is 2. The fourth-order valence-corrected chi connectivity index (χ4v) is 1.71. The molecular weight excluding hydrogens is 286 g/mol. The first-order chi connectivity index (χ1) is 10.5. The van der Waals surface area contributed by atoms with E-state index in [-0.39, 0.29) is 17.8 Å². The lowest BCUT2D eigenvalue weighted by atomic mass is 10.2. The van der Waals surface area contributed by atoms with Crippen molar-refractivity contribution < 1.29 is 14.3 Å². The van der Waals surface area contributed by atoms with Crippen molar-refractivity contribution in [1.82, 2.24) is 9.78 Å². The molecule has 1 aromatic heterocycles. The molecule has 0 aliphatic heterocycles. The molecule has 2 rings (SSSR count). The SMILES string of the molecule is C[C@@H](OC(=O)c1ccc(=O)n(Cc2ccccc2)n1)C(N)=O. The van der Waals surface area contributed by atoms with Crippen molar-refractivity contribution in [1.29, 1.82) is 0 Å². The van der Waals surface area contributed by atoms with Crippen LogP contribution in [-0.4, -0.2) is 27.8 Å². The molecule has 2 aromatic rings. The fourth-order valence-electron chi connectivity index (χ4n) is 1.71. The number of nitrogens with zero attached hydrogens (tertiary/aromatic N) is 2. The van der Waals surface area contributed by atoms with E-state index in [2.05, 4.69) is 5.10 Å². The quantitative estimate of drug-likeness (QED) is 0.801. The molecule has 0 unspecified atom stereocenters. The van der Waals surface area contributed by atoms with Gasteiger partial charge in [0.25, 0.3) is 11.5 Å². The van der Waals surface area contributed by atoms with Crippen molar-refractivity contribution in [2.24, 2.45) is 5.73 Å². The molecule has 0 spiro atoms. The molecule has 0 saturated carbocycles. The normalized spacial score (nSPS) is 11.7. The minimum atomic E-state index is -1.07. The van der Waals surface area contributed by atoms with Crippen molar-refractivity contribution >= 4 is 11.9 Å². The van der Waals surface area contributed by atoms with Crippen LogP contribution in [-0.2, 0) is 16.1 Å². The summed E-state index contributed by atoms with van der Waals surface area (Å²) in [6.45, 7) is 1.59. The van der Waals surface area contributed by atoms with E-state index in [1.807, 2.05) is 30.3 Å². The first-order valence-corrected chi connectivity index (χ1v) is 6.60. The first-order valence-electron chi connectivity index (χ1n) is 6.60. The third-order valence-electron chi connectivity index (χ3n) is 2.94. The summed E-state index contributed by atoms with van der Waals surface area (Å²) in [5.41, 5.74) is 5.49. The molecule has 0 saturated heterocycles. The summed E-state index contributed by atoms with van der Waals surface area (Å²) in [5, 5.41) is 3.96. The minimum Gasteiger partial charge on any atom is -0.448 e. The van der Waals surface area contributed by atoms with Crippen LogP contribution < -0.4 is 11.3 Å². The van der Waals surface area contributed by atoms with Gasteiger partial charge >= 0.3 is 5.97 Å². The number of ether oxygens (including phenoxy) is 1. The maximum absolute atomic E-state index is 11.9.